The SMILES string of the molecule is CNC(=O)c1ccccc1Sc1ccc2c(c1)CN=C2C#Cc1ccc(NC(=O)COCCOCCOCCOCCOC)nc1. The van der Waals surface area contributed by atoms with Crippen LogP contribution in [0.3, 0.4) is 0 Å². The molecule has 0 aliphatic carbocycles. The van der Waals surface area contributed by atoms with Crippen molar-refractivity contribution in [3.63, 3.8) is 0 Å². The highest BCUT2D eigenvalue weighted by Gasteiger charge is 2.16. The van der Waals surface area contributed by atoms with E-state index in [9.17, 15) is 9.59 Å². The fourth-order valence-corrected chi connectivity index (χ4v) is 5.18. The first-order valence-electron chi connectivity index (χ1n) is 14.8. The molecule has 242 valence electrons. The van der Waals surface area contributed by atoms with E-state index < -0.39 is 0 Å². The van der Waals surface area contributed by atoms with E-state index in [2.05, 4.69) is 38.5 Å². The van der Waals surface area contributed by atoms with E-state index in [1.807, 2.05) is 36.4 Å². The molecule has 0 fully saturated rings. The summed E-state index contributed by atoms with van der Waals surface area (Å²) in [6.45, 7) is 4.09. The number of benzene rings is 2. The van der Waals surface area contributed by atoms with Gasteiger partial charge in [0.15, 0.2) is 0 Å². The zero-order valence-electron chi connectivity index (χ0n) is 26.0. The number of rotatable bonds is 18. The number of aliphatic imine (C=N–C) groups is 1. The number of pyridine rings is 1. The van der Waals surface area contributed by atoms with Crippen LogP contribution in [0.1, 0.15) is 27.0 Å². The van der Waals surface area contributed by atoms with Crippen molar-refractivity contribution in [2.24, 2.45) is 4.99 Å². The maximum atomic E-state index is 12.2. The summed E-state index contributed by atoms with van der Waals surface area (Å²) in [4.78, 5) is 35.2. The Morgan fingerprint density at radius 2 is 1.59 bits per heavy atom. The Kier molecular flexibility index (Phi) is 14.7. The van der Waals surface area contributed by atoms with Gasteiger partial charge in [0.25, 0.3) is 11.8 Å². The lowest BCUT2D eigenvalue weighted by atomic mass is 10.1. The van der Waals surface area contributed by atoms with Crippen molar-refractivity contribution in [3.8, 4) is 11.8 Å². The minimum Gasteiger partial charge on any atom is -0.382 e. The quantitative estimate of drug-likeness (QED) is 0.157. The lowest BCUT2D eigenvalue weighted by Crippen LogP contribution is -2.20. The fourth-order valence-electron chi connectivity index (χ4n) is 4.18. The van der Waals surface area contributed by atoms with E-state index in [1.54, 1.807) is 44.2 Å². The molecule has 0 spiro atoms. The van der Waals surface area contributed by atoms with Crippen LogP contribution >= 0.6 is 11.8 Å². The maximum Gasteiger partial charge on any atom is 0.252 e. The summed E-state index contributed by atoms with van der Waals surface area (Å²) < 4.78 is 26.4. The molecular weight excluding hydrogens is 608 g/mol. The largest absolute Gasteiger partial charge is 0.382 e. The van der Waals surface area contributed by atoms with Gasteiger partial charge in [-0.05, 0) is 47.9 Å². The summed E-state index contributed by atoms with van der Waals surface area (Å²) in [5, 5.41) is 5.40. The van der Waals surface area contributed by atoms with Gasteiger partial charge in [-0.1, -0.05) is 35.9 Å². The number of methoxy groups -OCH3 is 1. The van der Waals surface area contributed by atoms with E-state index in [0.717, 1.165) is 20.9 Å². The minimum atomic E-state index is -0.310. The van der Waals surface area contributed by atoms with Crippen molar-refractivity contribution in [2.45, 2.75) is 16.3 Å². The number of anilines is 1. The predicted molar refractivity (Wildman–Crippen MR) is 176 cm³/mol. The van der Waals surface area contributed by atoms with Crippen molar-refractivity contribution in [3.05, 3.63) is 83.0 Å². The molecule has 0 saturated carbocycles. The number of nitrogens with one attached hydrogen (secondary N) is 2. The smallest absolute Gasteiger partial charge is 0.252 e. The van der Waals surface area contributed by atoms with Crippen molar-refractivity contribution < 1.29 is 33.3 Å². The molecule has 3 aromatic rings. The van der Waals surface area contributed by atoms with Crippen LogP contribution in [0.5, 0.6) is 0 Å². The zero-order valence-corrected chi connectivity index (χ0v) is 26.8. The summed E-state index contributed by atoms with van der Waals surface area (Å²) in [6.07, 6.45) is 1.60. The van der Waals surface area contributed by atoms with Crippen LogP contribution in [0.4, 0.5) is 5.82 Å². The second kappa shape index (κ2) is 19.4. The Morgan fingerprint density at radius 3 is 2.28 bits per heavy atom. The summed E-state index contributed by atoms with van der Waals surface area (Å²) in [6, 6.07) is 17.1. The fraction of sp³-hybridized carbons (Fsp3) is 0.353. The highest BCUT2D eigenvalue weighted by Crippen LogP contribution is 2.33. The Balaban J connectivity index is 1.15. The van der Waals surface area contributed by atoms with Crippen molar-refractivity contribution in [2.75, 3.05) is 78.9 Å². The molecular formula is C34H38N4O7S. The van der Waals surface area contributed by atoms with Crippen LogP contribution in [0.15, 0.2) is 75.6 Å². The topological polar surface area (TPSA) is 130 Å². The Bertz CT molecular complexity index is 1540. The summed E-state index contributed by atoms with van der Waals surface area (Å²) in [5.74, 6) is 6.23. The average molecular weight is 647 g/mol. The number of hydrogen-bond acceptors (Lipinski definition) is 10. The second-order valence-corrected chi connectivity index (χ2v) is 10.9. The van der Waals surface area contributed by atoms with Gasteiger partial charge in [0.05, 0.1) is 65.0 Å². The van der Waals surface area contributed by atoms with Crippen LogP contribution in [0, 0.1) is 11.8 Å². The van der Waals surface area contributed by atoms with Crippen molar-refractivity contribution in [1.29, 1.82) is 0 Å². The van der Waals surface area contributed by atoms with Crippen LogP contribution in [-0.4, -0.2) is 96.1 Å². The zero-order chi connectivity index (χ0) is 32.4. The lowest BCUT2D eigenvalue weighted by Gasteiger charge is -2.09. The first-order valence-corrected chi connectivity index (χ1v) is 15.6. The molecule has 1 aromatic heterocycles. The van der Waals surface area contributed by atoms with Crippen molar-refractivity contribution in [1.82, 2.24) is 10.3 Å². The van der Waals surface area contributed by atoms with Gasteiger partial charge in [-0.15, -0.1) is 0 Å². The molecule has 0 atom stereocenters. The van der Waals surface area contributed by atoms with Gasteiger partial charge in [0.1, 0.15) is 18.1 Å². The van der Waals surface area contributed by atoms with Gasteiger partial charge < -0.3 is 34.3 Å². The number of hydrogen-bond donors (Lipinski definition) is 2. The molecule has 0 unspecified atom stereocenters. The molecule has 4 rings (SSSR count). The Hall–Kier alpha value is -4.09. The highest BCUT2D eigenvalue weighted by atomic mass is 32.2. The highest BCUT2D eigenvalue weighted by molar-refractivity contribution is 7.99. The first kappa shape index (κ1) is 34.8. The third-order valence-electron chi connectivity index (χ3n) is 6.46. The Morgan fingerprint density at radius 1 is 0.870 bits per heavy atom. The molecule has 0 bridgehead atoms. The molecule has 0 saturated heterocycles. The second-order valence-electron chi connectivity index (χ2n) is 9.77. The summed E-state index contributed by atoms with van der Waals surface area (Å²) in [5.41, 5.74) is 4.13. The van der Waals surface area contributed by atoms with Gasteiger partial charge >= 0.3 is 0 Å². The number of aromatic nitrogens is 1. The number of fused-ring (bicyclic) bond motifs is 1. The van der Waals surface area contributed by atoms with Gasteiger partial charge in [0, 0.05) is 41.3 Å². The van der Waals surface area contributed by atoms with Gasteiger partial charge in [-0.2, -0.15) is 0 Å². The van der Waals surface area contributed by atoms with E-state index in [0.29, 0.717) is 75.4 Å². The van der Waals surface area contributed by atoms with Gasteiger partial charge in [-0.25, -0.2) is 4.98 Å². The third-order valence-corrected chi connectivity index (χ3v) is 7.53. The van der Waals surface area contributed by atoms with Crippen LogP contribution in [0.25, 0.3) is 0 Å². The van der Waals surface area contributed by atoms with E-state index in [1.165, 1.54) is 0 Å². The predicted octanol–water partition coefficient (Wildman–Crippen LogP) is 3.60. The monoisotopic (exact) mass is 646 g/mol. The third kappa shape index (κ3) is 11.4. The molecule has 46 heavy (non-hydrogen) atoms. The summed E-state index contributed by atoms with van der Waals surface area (Å²) in [7, 11) is 3.26. The molecule has 2 N–H and O–H groups in total. The number of carbonyl (C=O) groups is 2. The molecule has 11 nitrogen and oxygen atoms in total. The number of carbonyl (C=O) groups excluding carboxylic acids is 2. The molecule has 2 amide bonds. The molecule has 2 aromatic carbocycles. The average Bonchev–Trinajstić information content (AvgIpc) is 3.48. The molecule has 2 heterocycles. The van der Waals surface area contributed by atoms with Crippen LogP contribution in [0.2, 0.25) is 0 Å². The normalized spacial score (nSPS) is 11.7. The molecule has 1 aliphatic rings. The van der Waals surface area contributed by atoms with E-state index in [-0.39, 0.29) is 25.0 Å². The van der Waals surface area contributed by atoms with Gasteiger partial charge in [0.2, 0.25) is 0 Å². The molecule has 0 radical (unpaired) electrons. The first-order chi connectivity index (χ1) is 22.6. The number of ether oxygens (including phenoxy) is 5. The Labute approximate surface area is 273 Å². The van der Waals surface area contributed by atoms with E-state index >= 15 is 0 Å². The molecule has 12 heteroatoms. The van der Waals surface area contributed by atoms with Crippen LogP contribution in [-0.2, 0) is 35.0 Å². The standard InChI is InChI=1S/C34H38N4O7S/c1-35-34(40)29-5-3-4-6-31(29)46-27-9-10-28-26(21-27)23-36-30(28)11-7-25-8-12-32(37-22-25)38-33(39)24-45-20-19-44-18-17-43-16-15-42-14-13-41-2/h3-6,8-10,12,21-22H,13-20,23-24H2,1-2H3,(H,35,40)(H,37,38,39). The number of amides is 2. The lowest BCUT2D eigenvalue weighted by molar-refractivity contribution is -0.121. The van der Waals surface area contributed by atoms with Crippen LogP contribution < -0.4 is 10.6 Å². The van der Waals surface area contributed by atoms with E-state index in [4.69, 9.17) is 23.7 Å². The maximum absolute atomic E-state index is 12.2. The van der Waals surface area contributed by atoms with Gasteiger partial charge in [-0.3, -0.25) is 14.6 Å². The number of nitrogens with zero attached hydrogens (tertiary/aromatic N) is 2. The molecule has 1 aliphatic heterocycles. The summed E-state index contributed by atoms with van der Waals surface area (Å²) >= 11 is 1.54. The van der Waals surface area contributed by atoms with Crippen molar-refractivity contribution >= 4 is 35.1 Å². The minimum absolute atomic E-state index is 0.109.